The largest absolute Gasteiger partial charge is 0.480 e. The Kier molecular flexibility index (Phi) is 4.15. The van der Waals surface area contributed by atoms with Gasteiger partial charge in [-0.3, -0.25) is 10.1 Å². The zero-order valence-electron chi connectivity index (χ0n) is 11.5. The molecule has 8 nitrogen and oxygen atoms in total. The number of hydrogen-bond donors (Lipinski definition) is 1. The van der Waals surface area contributed by atoms with E-state index < -0.39 is 16.5 Å². The smallest absolute Gasteiger partial charge is 0.329 e. The minimum Gasteiger partial charge on any atom is -0.480 e. The van der Waals surface area contributed by atoms with Crippen LogP contribution in [0.2, 0.25) is 0 Å². The Labute approximate surface area is 129 Å². The van der Waals surface area contributed by atoms with Gasteiger partial charge in [0.15, 0.2) is 0 Å². The van der Waals surface area contributed by atoms with E-state index in [9.17, 15) is 14.9 Å². The number of ether oxygens (including phenoxy) is 1. The highest BCUT2D eigenvalue weighted by molar-refractivity contribution is 9.10. The third-order valence-electron chi connectivity index (χ3n) is 3.31. The van der Waals surface area contributed by atoms with E-state index in [-0.39, 0.29) is 12.3 Å². The third-order valence-corrected chi connectivity index (χ3v) is 4.26. The molecule has 0 spiro atoms. The highest BCUT2D eigenvalue weighted by atomic mass is 79.9. The van der Waals surface area contributed by atoms with Crippen LogP contribution < -0.4 is 4.90 Å². The van der Waals surface area contributed by atoms with Crippen molar-refractivity contribution in [1.82, 2.24) is 4.98 Å². The van der Waals surface area contributed by atoms with Gasteiger partial charge in [-0.05, 0) is 29.8 Å². The SMILES string of the molecule is Cc1c([N+](=O)[O-])cnc(N2CC(C)(OCC(=O)O)C2)c1Br. The van der Waals surface area contributed by atoms with E-state index in [2.05, 4.69) is 20.9 Å². The number of anilines is 1. The van der Waals surface area contributed by atoms with E-state index >= 15 is 0 Å². The normalized spacial score (nSPS) is 16.4. The predicted molar refractivity (Wildman–Crippen MR) is 77.5 cm³/mol. The number of nitrogens with zero attached hydrogens (tertiary/aromatic N) is 3. The van der Waals surface area contributed by atoms with Crippen molar-refractivity contribution in [1.29, 1.82) is 0 Å². The molecular formula is C12H14BrN3O5. The van der Waals surface area contributed by atoms with Gasteiger partial charge < -0.3 is 14.7 Å². The summed E-state index contributed by atoms with van der Waals surface area (Å²) in [7, 11) is 0. The number of aromatic nitrogens is 1. The van der Waals surface area contributed by atoms with Gasteiger partial charge in [0, 0.05) is 5.56 Å². The molecule has 0 saturated carbocycles. The van der Waals surface area contributed by atoms with Gasteiger partial charge in [0.1, 0.15) is 24.2 Å². The monoisotopic (exact) mass is 359 g/mol. The Morgan fingerprint density at radius 1 is 1.67 bits per heavy atom. The number of carboxylic acid groups (broad SMARTS) is 1. The molecule has 0 aliphatic carbocycles. The van der Waals surface area contributed by atoms with E-state index in [1.807, 2.05) is 11.8 Å². The Hall–Kier alpha value is -1.74. The lowest BCUT2D eigenvalue weighted by molar-refractivity contribution is -0.385. The summed E-state index contributed by atoms with van der Waals surface area (Å²) in [5, 5.41) is 19.5. The van der Waals surface area contributed by atoms with Crippen molar-refractivity contribution >= 4 is 33.4 Å². The van der Waals surface area contributed by atoms with Crippen LogP contribution in [0.15, 0.2) is 10.7 Å². The number of nitro groups is 1. The van der Waals surface area contributed by atoms with E-state index in [1.165, 1.54) is 6.20 Å². The van der Waals surface area contributed by atoms with Crippen LogP contribution in [-0.2, 0) is 9.53 Å². The second-order valence-corrected chi connectivity index (χ2v) is 5.94. The number of hydrogen-bond acceptors (Lipinski definition) is 6. The standard InChI is InChI=1S/C12H14BrN3O5/c1-7-8(16(19)20)3-14-11(10(7)13)15-5-12(2,6-15)21-4-9(17)18/h3H,4-6H2,1-2H3,(H,17,18). The molecule has 1 aliphatic rings. The van der Waals surface area contributed by atoms with Gasteiger partial charge in [0.25, 0.3) is 5.69 Å². The molecular weight excluding hydrogens is 346 g/mol. The first-order valence-corrected chi connectivity index (χ1v) is 6.93. The van der Waals surface area contributed by atoms with Crippen LogP contribution in [0.3, 0.4) is 0 Å². The van der Waals surface area contributed by atoms with Crippen molar-refractivity contribution in [2.45, 2.75) is 19.4 Å². The summed E-state index contributed by atoms with van der Waals surface area (Å²) < 4.78 is 5.88. The molecule has 2 rings (SSSR count). The molecule has 1 aromatic rings. The summed E-state index contributed by atoms with van der Waals surface area (Å²) >= 11 is 3.33. The van der Waals surface area contributed by atoms with Gasteiger partial charge >= 0.3 is 5.97 Å². The van der Waals surface area contributed by atoms with Crippen molar-refractivity contribution in [2.75, 3.05) is 24.6 Å². The van der Waals surface area contributed by atoms with Crippen LogP contribution in [0.4, 0.5) is 11.5 Å². The summed E-state index contributed by atoms with van der Waals surface area (Å²) in [5.74, 6) is -0.422. The molecule has 1 aliphatic heterocycles. The summed E-state index contributed by atoms with van der Waals surface area (Å²) in [6.07, 6.45) is 1.23. The van der Waals surface area contributed by atoms with Gasteiger partial charge in [-0.15, -0.1) is 0 Å². The van der Waals surface area contributed by atoms with Crippen LogP contribution in [-0.4, -0.2) is 46.3 Å². The van der Waals surface area contributed by atoms with Crippen LogP contribution >= 0.6 is 15.9 Å². The minimum absolute atomic E-state index is 0.0453. The maximum atomic E-state index is 10.8. The van der Waals surface area contributed by atoms with Crippen molar-refractivity contribution in [3.05, 3.63) is 26.3 Å². The van der Waals surface area contributed by atoms with Gasteiger partial charge in [-0.1, -0.05) is 0 Å². The van der Waals surface area contributed by atoms with Gasteiger partial charge in [0.05, 0.1) is 22.5 Å². The predicted octanol–water partition coefficient (Wildman–Crippen LogP) is 1.74. The Morgan fingerprint density at radius 3 is 2.81 bits per heavy atom. The molecule has 1 saturated heterocycles. The summed E-state index contributed by atoms with van der Waals surface area (Å²) in [4.78, 5) is 26.9. The number of carboxylic acids is 1. The molecule has 1 N–H and O–H groups in total. The Bertz CT molecular complexity index is 601. The quantitative estimate of drug-likeness (QED) is 0.630. The second-order valence-electron chi connectivity index (χ2n) is 5.15. The molecule has 21 heavy (non-hydrogen) atoms. The number of rotatable bonds is 5. The zero-order chi connectivity index (χ0) is 15.8. The van der Waals surface area contributed by atoms with E-state index in [0.717, 1.165) is 0 Å². The number of pyridine rings is 1. The first kappa shape index (κ1) is 15.6. The van der Waals surface area contributed by atoms with Gasteiger partial charge in [0.2, 0.25) is 0 Å². The van der Waals surface area contributed by atoms with Crippen LogP contribution in [0, 0.1) is 17.0 Å². The van der Waals surface area contributed by atoms with Crippen molar-refractivity contribution in [3.8, 4) is 0 Å². The fourth-order valence-electron chi connectivity index (χ4n) is 2.20. The number of carbonyl (C=O) groups is 1. The molecule has 9 heteroatoms. The lowest BCUT2D eigenvalue weighted by atomic mass is 9.96. The average molecular weight is 360 g/mol. The third kappa shape index (κ3) is 3.13. The summed E-state index contributed by atoms with van der Waals surface area (Å²) in [6.45, 7) is 4.07. The molecule has 114 valence electrons. The van der Waals surface area contributed by atoms with E-state index in [4.69, 9.17) is 9.84 Å². The second kappa shape index (κ2) is 5.57. The lowest BCUT2D eigenvalue weighted by Gasteiger charge is -2.48. The summed E-state index contributed by atoms with van der Waals surface area (Å²) in [6, 6.07) is 0. The minimum atomic E-state index is -1.01. The van der Waals surface area contributed by atoms with Crippen LogP contribution in [0.5, 0.6) is 0 Å². The van der Waals surface area contributed by atoms with E-state index in [0.29, 0.717) is 28.9 Å². The van der Waals surface area contributed by atoms with Crippen LogP contribution in [0.1, 0.15) is 12.5 Å². The maximum Gasteiger partial charge on any atom is 0.329 e. The Balaban J connectivity index is 2.11. The molecule has 2 heterocycles. The lowest BCUT2D eigenvalue weighted by Crippen LogP contribution is -2.62. The highest BCUT2D eigenvalue weighted by Gasteiger charge is 2.42. The fourth-order valence-corrected chi connectivity index (χ4v) is 2.75. The zero-order valence-corrected chi connectivity index (χ0v) is 13.1. The molecule has 1 aromatic heterocycles. The van der Waals surface area contributed by atoms with Crippen molar-refractivity contribution in [3.63, 3.8) is 0 Å². The van der Waals surface area contributed by atoms with Crippen LogP contribution in [0.25, 0.3) is 0 Å². The van der Waals surface area contributed by atoms with Crippen molar-refractivity contribution in [2.24, 2.45) is 0 Å². The maximum absolute atomic E-state index is 10.8. The van der Waals surface area contributed by atoms with Gasteiger partial charge in [-0.2, -0.15) is 0 Å². The van der Waals surface area contributed by atoms with Gasteiger partial charge in [-0.25, -0.2) is 9.78 Å². The molecule has 0 atom stereocenters. The molecule has 0 unspecified atom stereocenters. The average Bonchev–Trinajstić information content (AvgIpc) is 2.36. The summed E-state index contributed by atoms with van der Waals surface area (Å²) in [5.41, 5.74) is -0.0871. The molecule has 0 radical (unpaired) electrons. The highest BCUT2D eigenvalue weighted by Crippen LogP contribution is 2.37. The first-order valence-electron chi connectivity index (χ1n) is 6.14. The molecule has 0 bridgehead atoms. The molecule has 0 aromatic carbocycles. The topological polar surface area (TPSA) is 106 Å². The number of aliphatic carboxylic acids is 1. The molecule has 1 fully saturated rings. The fraction of sp³-hybridized carbons (Fsp3) is 0.500. The van der Waals surface area contributed by atoms with E-state index in [1.54, 1.807) is 6.92 Å². The Morgan fingerprint density at radius 2 is 2.29 bits per heavy atom. The molecule has 0 amide bonds. The first-order chi connectivity index (χ1) is 9.73. The number of halogens is 1. The van der Waals surface area contributed by atoms with Crippen molar-refractivity contribution < 1.29 is 19.6 Å².